The molecule has 5 N–H and O–H groups in total. The quantitative estimate of drug-likeness (QED) is 0.455. The molecule has 0 rings (SSSR count). The first-order valence-electron chi connectivity index (χ1n) is 4.77. The zero-order valence-electron chi connectivity index (χ0n) is 9.58. The molecule has 0 aromatic heterocycles. The summed E-state index contributed by atoms with van der Waals surface area (Å²) >= 11 is 0. The minimum atomic E-state index is -1.83. The van der Waals surface area contributed by atoms with Crippen molar-refractivity contribution in [2.45, 2.75) is 26.3 Å². The van der Waals surface area contributed by atoms with Crippen LogP contribution in [-0.4, -0.2) is 51.1 Å². The maximum absolute atomic E-state index is 10.9. The van der Waals surface area contributed by atoms with Crippen molar-refractivity contribution < 1.29 is 34.8 Å². The van der Waals surface area contributed by atoms with Gasteiger partial charge in [0.05, 0.1) is 6.61 Å². The van der Waals surface area contributed by atoms with E-state index in [2.05, 4.69) is 5.32 Å². The van der Waals surface area contributed by atoms with Crippen molar-refractivity contribution in [3.05, 3.63) is 0 Å². The van der Waals surface area contributed by atoms with Crippen LogP contribution in [0.15, 0.2) is 0 Å². The van der Waals surface area contributed by atoms with E-state index in [4.69, 9.17) is 25.2 Å². The molecule has 8 heteroatoms. The fourth-order valence-corrected chi connectivity index (χ4v) is 0.861. The van der Waals surface area contributed by atoms with Crippen LogP contribution in [0, 0.1) is 5.92 Å². The van der Waals surface area contributed by atoms with Crippen LogP contribution in [-0.2, 0) is 9.59 Å². The summed E-state index contributed by atoms with van der Waals surface area (Å²) < 4.78 is 0. The van der Waals surface area contributed by atoms with Gasteiger partial charge in [0.1, 0.15) is 6.04 Å². The zero-order chi connectivity index (χ0) is 14.0. The number of aliphatic carboxylic acids is 1. The molecule has 0 bridgehead atoms. The van der Waals surface area contributed by atoms with Crippen molar-refractivity contribution >= 4 is 18.0 Å². The highest BCUT2D eigenvalue weighted by Crippen LogP contribution is 2.01. The Morgan fingerprint density at radius 1 is 1.12 bits per heavy atom. The van der Waals surface area contributed by atoms with Gasteiger partial charge in [-0.15, -0.1) is 0 Å². The first kappa shape index (κ1) is 17.6. The summed E-state index contributed by atoms with van der Waals surface area (Å²) in [5, 5.41) is 33.4. The largest absolute Gasteiger partial charge is 0.503 e. The van der Waals surface area contributed by atoms with Gasteiger partial charge in [0.15, 0.2) is 0 Å². The van der Waals surface area contributed by atoms with Gasteiger partial charge in [-0.25, -0.2) is 9.59 Å². The summed E-state index contributed by atoms with van der Waals surface area (Å²) in [6, 6.07) is -0.876. The van der Waals surface area contributed by atoms with Gasteiger partial charge in [-0.3, -0.25) is 4.79 Å². The fraction of sp³-hybridized carbons (Fsp3) is 0.667. The lowest BCUT2D eigenvalue weighted by Gasteiger charge is -2.17. The van der Waals surface area contributed by atoms with Crippen LogP contribution >= 0.6 is 0 Å². The molecular formula is C9H17NO7. The van der Waals surface area contributed by atoms with Crippen LogP contribution < -0.4 is 5.32 Å². The molecule has 1 atom stereocenters. The lowest BCUT2D eigenvalue weighted by molar-refractivity contribution is -0.143. The van der Waals surface area contributed by atoms with E-state index < -0.39 is 24.1 Å². The summed E-state index contributed by atoms with van der Waals surface area (Å²) in [6.45, 7) is 3.15. The van der Waals surface area contributed by atoms with E-state index in [-0.39, 0.29) is 18.9 Å². The van der Waals surface area contributed by atoms with Gasteiger partial charge in [-0.05, 0) is 5.92 Å². The topological polar surface area (TPSA) is 144 Å². The highest BCUT2D eigenvalue weighted by atomic mass is 16.6. The molecule has 0 aliphatic rings. The Hall–Kier alpha value is -1.83. The van der Waals surface area contributed by atoms with Crippen molar-refractivity contribution in [3.63, 3.8) is 0 Å². The average molecular weight is 251 g/mol. The van der Waals surface area contributed by atoms with Gasteiger partial charge in [-0.1, -0.05) is 13.8 Å². The summed E-state index contributed by atoms with van der Waals surface area (Å²) in [5.41, 5.74) is 0. The van der Waals surface area contributed by atoms with Gasteiger partial charge in [0.25, 0.3) is 0 Å². The number of hydrogen-bond donors (Lipinski definition) is 5. The van der Waals surface area contributed by atoms with Gasteiger partial charge in [0.2, 0.25) is 5.91 Å². The average Bonchev–Trinajstić information content (AvgIpc) is 2.12. The highest BCUT2D eigenvalue weighted by molar-refractivity contribution is 5.83. The van der Waals surface area contributed by atoms with E-state index in [0.29, 0.717) is 0 Å². The maximum Gasteiger partial charge on any atom is 0.503 e. The van der Waals surface area contributed by atoms with Crippen LogP contribution in [0.25, 0.3) is 0 Å². The Kier molecular flexibility index (Phi) is 9.71. The third-order valence-corrected chi connectivity index (χ3v) is 1.59. The minimum absolute atomic E-state index is 0.0590. The van der Waals surface area contributed by atoms with Crippen molar-refractivity contribution in [1.82, 2.24) is 5.32 Å². The zero-order valence-corrected chi connectivity index (χ0v) is 9.58. The van der Waals surface area contributed by atoms with Gasteiger partial charge < -0.3 is 25.7 Å². The van der Waals surface area contributed by atoms with Gasteiger partial charge in [0, 0.05) is 6.42 Å². The third-order valence-electron chi connectivity index (χ3n) is 1.59. The lowest BCUT2D eigenvalue weighted by Crippen LogP contribution is -2.44. The number of hydrogen-bond acceptors (Lipinski definition) is 4. The second kappa shape index (κ2) is 9.40. The molecule has 0 fully saturated rings. The van der Waals surface area contributed by atoms with Crippen molar-refractivity contribution in [3.8, 4) is 0 Å². The third kappa shape index (κ3) is 12.1. The Morgan fingerprint density at radius 3 is 1.76 bits per heavy atom. The van der Waals surface area contributed by atoms with Crippen LogP contribution in [0.1, 0.15) is 20.3 Å². The Bertz CT molecular complexity index is 260. The predicted molar refractivity (Wildman–Crippen MR) is 56.8 cm³/mol. The number of carboxylic acid groups (broad SMARTS) is 3. The molecule has 0 saturated carbocycles. The minimum Gasteiger partial charge on any atom is -0.480 e. The van der Waals surface area contributed by atoms with Crippen LogP contribution in [0.4, 0.5) is 4.79 Å². The number of aliphatic hydroxyl groups excluding tert-OH is 1. The van der Waals surface area contributed by atoms with E-state index in [9.17, 15) is 9.59 Å². The van der Waals surface area contributed by atoms with E-state index in [1.54, 1.807) is 13.8 Å². The number of aliphatic hydroxyl groups is 1. The number of carboxylic acids is 1. The summed E-state index contributed by atoms with van der Waals surface area (Å²) in [6.07, 6.45) is -1.89. The van der Waals surface area contributed by atoms with E-state index >= 15 is 0 Å². The molecule has 0 aliphatic carbocycles. The Labute approximate surface area is 97.9 Å². The fourth-order valence-electron chi connectivity index (χ4n) is 0.861. The normalized spacial score (nSPS) is 11.1. The van der Waals surface area contributed by atoms with Gasteiger partial charge in [-0.2, -0.15) is 0 Å². The number of amides is 1. The molecule has 0 aromatic rings. The second-order valence-corrected chi connectivity index (χ2v) is 3.38. The number of carbonyl (C=O) groups is 3. The molecule has 100 valence electrons. The van der Waals surface area contributed by atoms with E-state index in [1.165, 1.54) is 0 Å². The molecular weight excluding hydrogens is 234 g/mol. The molecule has 0 spiro atoms. The smallest absolute Gasteiger partial charge is 0.480 e. The Balaban J connectivity index is 0. The maximum atomic E-state index is 10.9. The monoisotopic (exact) mass is 251 g/mol. The van der Waals surface area contributed by atoms with E-state index in [1.807, 2.05) is 0 Å². The predicted octanol–water partition coefficient (Wildman–Crippen LogP) is -0.183. The molecule has 0 heterocycles. The van der Waals surface area contributed by atoms with Gasteiger partial charge >= 0.3 is 12.1 Å². The van der Waals surface area contributed by atoms with Crippen molar-refractivity contribution in [2.75, 3.05) is 6.61 Å². The SMILES string of the molecule is CC(C)[C@H](NC(=O)CCO)C(=O)O.O=C(O)O. The molecule has 0 unspecified atom stereocenters. The van der Waals surface area contributed by atoms with Crippen LogP contribution in [0.2, 0.25) is 0 Å². The summed E-state index contributed by atoms with van der Waals surface area (Å²) in [4.78, 5) is 30.1. The molecule has 8 nitrogen and oxygen atoms in total. The lowest BCUT2D eigenvalue weighted by atomic mass is 10.0. The molecule has 0 aliphatic heterocycles. The molecule has 1 amide bonds. The van der Waals surface area contributed by atoms with Crippen LogP contribution in [0.3, 0.4) is 0 Å². The molecule has 0 aromatic carbocycles. The van der Waals surface area contributed by atoms with Crippen molar-refractivity contribution in [1.29, 1.82) is 0 Å². The number of carbonyl (C=O) groups excluding carboxylic acids is 1. The second-order valence-electron chi connectivity index (χ2n) is 3.38. The number of rotatable bonds is 5. The molecule has 17 heavy (non-hydrogen) atoms. The number of nitrogens with one attached hydrogen (secondary N) is 1. The first-order chi connectivity index (χ1) is 7.72. The summed E-state index contributed by atoms with van der Waals surface area (Å²) in [5.74, 6) is -1.66. The standard InChI is InChI=1S/C8H15NO4.CH2O3/c1-5(2)7(8(12)13)9-6(11)3-4-10;2-1(3)4/h5,7,10H,3-4H2,1-2H3,(H,9,11)(H,12,13);(H2,2,3,4)/t7-;/m0./s1. The summed E-state index contributed by atoms with van der Waals surface area (Å²) in [7, 11) is 0. The molecule has 0 radical (unpaired) electrons. The Morgan fingerprint density at radius 2 is 1.53 bits per heavy atom. The van der Waals surface area contributed by atoms with Crippen molar-refractivity contribution in [2.24, 2.45) is 5.92 Å². The first-order valence-corrected chi connectivity index (χ1v) is 4.77. The van der Waals surface area contributed by atoms with E-state index in [0.717, 1.165) is 0 Å². The highest BCUT2D eigenvalue weighted by Gasteiger charge is 2.22. The van der Waals surface area contributed by atoms with Crippen LogP contribution in [0.5, 0.6) is 0 Å². The molecule has 0 saturated heterocycles.